The molecule has 0 heterocycles. The summed E-state index contributed by atoms with van der Waals surface area (Å²) in [6, 6.07) is 0. The Balaban J connectivity index is 2.08. The Kier molecular flexibility index (Phi) is 3.66. The molecular weight excluding hydrogens is 192 g/mol. The first-order valence-electron chi connectivity index (χ1n) is 7.62. The van der Waals surface area contributed by atoms with Gasteiger partial charge in [0.05, 0.1) is 0 Å². The third-order valence-electron chi connectivity index (χ3n) is 5.66. The van der Waals surface area contributed by atoms with E-state index >= 15 is 0 Å². The highest BCUT2D eigenvalue weighted by atomic mass is 14.6. The Morgan fingerprint density at radius 3 is 2.06 bits per heavy atom. The average molecular weight is 222 g/mol. The van der Waals surface area contributed by atoms with Crippen molar-refractivity contribution in [3.05, 3.63) is 0 Å². The molecule has 0 aliphatic heterocycles. The SMILES string of the molecule is CCCC(C)C(C1CCC1)C1(C(C)C)CC1. The highest BCUT2D eigenvalue weighted by molar-refractivity contribution is 5.04. The maximum absolute atomic E-state index is 2.54. The van der Waals surface area contributed by atoms with Crippen molar-refractivity contribution in [1.29, 1.82) is 0 Å². The molecule has 0 radical (unpaired) electrons. The quantitative estimate of drug-likeness (QED) is 0.574. The van der Waals surface area contributed by atoms with Gasteiger partial charge in [-0.05, 0) is 41.9 Å². The molecule has 0 saturated heterocycles. The van der Waals surface area contributed by atoms with E-state index in [0.717, 1.165) is 29.1 Å². The van der Waals surface area contributed by atoms with Gasteiger partial charge in [-0.3, -0.25) is 0 Å². The van der Waals surface area contributed by atoms with Gasteiger partial charge in [-0.15, -0.1) is 0 Å². The van der Waals surface area contributed by atoms with Crippen LogP contribution in [0, 0.1) is 29.1 Å². The molecule has 2 atom stereocenters. The van der Waals surface area contributed by atoms with Crippen molar-refractivity contribution >= 4 is 0 Å². The van der Waals surface area contributed by atoms with Gasteiger partial charge in [0, 0.05) is 0 Å². The van der Waals surface area contributed by atoms with Crippen molar-refractivity contribution < 1.29 is 0 Å². The van der Waals surface area contributed by atoms with Crippen LogP contribution < -0.4 is 0 Å². The van der Waals surface area contributed by atoms with E-state index in [1.165, 1.54) is 44.9 Å². The molecule has 2 aliphatic carbocycles. The van der Waals surface area contributed by atoms with E-state index in [-0.39, 0.29) is 0 Å². The van der Waals surface area contributed by atoms with E-state index in [0.29, 0.717) is 0 Å². The van der Waals surface area contributed by atoms with Crippen LogP contribution in [0.15, 0.2) is 0 Å². The molecule has 0 spiro atoms. The summed E-state index contributed by atoms with van der Waals surface area (Å²) < 4.78 is 0. The Morgan fingerprint density at radius 1 is 1.12 bits per heavy atom. The largest absolute Gasteiger partial charge is 0.0654 e. The van der Waals surface area contributed by atoms with Crippen LogP contribution in [0.3, 0.4) is 0 Å². The molecule has 0 aromatic rings. The lowest BCUT2D eigenvalue weighted by atomic mass is 9.61. The van der Waals surface area contributed by atoms with Crippen LogP contribution in [-0.2, 0) is 0 Å². The molecule has 2 rings (SSSR count). The fourth-order valence-corrected chi connectivity index (χ4v) is 4.37. The summed E-state index contributed by atoms with van der Waals surface area (Å²) in [5.41, 5.74) is 0.764. The molecule has 2 unspecified atom stereocenters. The van der Waals surface area contributed by atoms with Crippen LogP contribution in [0.4, 0.5) is 0 Å². The summed E-state index contributed by atoms with van der Waals surface area (Å²) in [4.78, 5) is 0. The van der Waals surface area contributed by atoms with E-state index in [1.54, 1.807) is 0 Å². The van der Waals surface area contributed by atoms with E-state index < -0.39 is 0 Å². The Bertz CT molecular complexity index is 220. The van der Waals surface area contributed by atoms with E-state index in [1.807, 2.05) is 0 Å². The van der Waals surface area contributed by atoms with Gasteiger partial charge >= 0.3 is 0 Å². The third-order valence-corrected chi connectivity index (χ3v) is 5.66. The second-order valence-corrected chi connectivity index (χ2v) is 6.87. The Labute approximate surface area is 102 Å². The maximum atomic E-state index is 2.54. The van der Waals surface area contributed by atoms with Crippen molar-refractivity contribution in [3.8, 4) is 0 Å². The van der Waals surface area contributed by atoms with Gasteiger partial charge in [-0.2, -0.15) is 0 Å². The topological polar surface area (TPSA) is 0 Å². The number of hydrogen-bond acceptors (Lipinski definition) is 0. The van der Waals surface area contributed by atoms with Crippen molar-refractivity contribution in [2.75, 3.05) is 0 Å². The minimum Gasteiger partial charge on any atom is -0.0654 e. The van der Waals surface area contributed by atoms with Crippen molar-refractivity contribution in [3.63, 3.8) is 0 Å². The predicted octanol–water partition coefficient (Wildman–Crippen LogP) is 5.28. The lowest BCUT2D eigenvalue weighted by molar-refractivity contribution is 0.0475. The Hall–Kier alpha value is 0. The molecule has 0 heteroatoms. The predicted molar refractivity (Wildman–Crippen MR) is 71.4 cm³/mol. The van der Waals surface area contributed by atoms with Crippen LogP contribution in [-0.4, -0.2) is 0 Å². The van der Waals surface area contributed by atoms with Crippen molar-refractivity contribution in [2.24, 2.45) is 29.1 Å². The van der Waals surface area contributed by atoms with E-state index in [9.17, 15) is 0 Å². The third kappa shape index (κ3) is 2.05. The molecule has 0 N–H and O–H groups in total. The van der Waals surface area contributed by atoms with Crippen molar-refractivity contribution in [1.82, 2.24) is 0 Å². The van der Waals surface area contributed by atoms with Gasteiger partial charge in [0.15, 0.2) is 0 Å². The van der Waals surface area contributed by atoms with Crippen molar-refractivity contribution in [2.45, 2.75) is 72.6 Å². The molecular formula is C16H30. The monoisotopic (exact) mass is 222 g/mol. The average Bonchev–Trinajstić information content (AvgIpc) is 2.91. The maximum Gasteiger partial charge on any atom is -0.0241 e. The minimum absolute atomic E-state index is 0.764. The summed E-state index contributed by atoms with van der Waals surface area (Å²) in [6.07, 6.45) is 10.5. The van der Waals surface area contributed by atoms with Gasteiger partial charge in [-0.1, -0.05) is 59.8 Å². The zero-order valence-electron chi connectivity index (χ0n) is 11.8. The molecule has 16 heavy (non-hydrogen) atoms. The first kappa shape index (κ1) is 12.5. The minimum atomic E-state index is 0.764. The normalized spacial score (nSPS) is 27.6. The zero-order chi connectivity index (χ0) is 11.8. The highest BCUT2D eigenvalue weighted by Gasteiger charge is 2.55. The first-order chi connectivity index (χ1) is 7.62. The molecule has 0 bridgehead atoms. The molecule has 2 aliphatic rings. The molecule has 0 aromatic carbocycles. The summed E-state index contributed by atoms with van der Waals surface area (Å²) in [7, 11) is 0. The lowest BCUT2D eigenvalue weighted by Gasteiger charge is -2.44. The van der Waals surface area contributed by atoms with Gasteiger partial charge in [-0.25, -0.2) is 0 Å². The van der Waals surface area contributed by atoms with Gasteiger partial charge in [0.25, 0.3) is 0 Å². The van der Waals surface area contributed by atoms with Crippen LogP contribution in [0.25, 0.3) is 0 Å². The molecule has 2 saturated carbocycles. The standard InChI is InChI=1S/C16H30/c1-5-7-13(4)15(14-8-6-9-14)16(10-11-16)12(2)3/h12-15H,5-11H2,1-4H3. The van der Waals surface area contributed by atoms with Gasteiger partial charge < -0.3 is 0 Å². The van der Waals surface area contributed by atoms with Gasteiger partial charge in [0.1, 0.15) is 0 Å². The molecule has 94 valence electrons. The summed E-state index contributed by atoms with van der Waals surface area (Å²) in [5, 5.41) is 0. The highest BCUT2D eigenvalue weighted by Crippen LogP contribution is 2.64. The molecule has 0 aromatic heterocycles. The number of rotatable bonds is 6. The fourth-order valence-electron chi connectivity index (χ4n) is 4.37. The second kappa shape index (κ2) is 4.70. The van der Waals surface area contributed by atoms with E-state index in [4.69, 9.17) is 0 Å². The smallest absolute Gasteiger partial charge is 0.0241 e. The van der Waals surface area contributed by atoms with E-state index in [2.05, 4.69) is 27.7 Å². The summed E-state index contributed by atoms with van der Waals surface area (Å²) in [5.74, 6) is 4.03. The lowest BCUT2D eigenvalue weighted by Crippen LogP contribution is -2.37. The summed E-state index contributed by atoms with van der Waals surface area (Å²) >= 11 is 0. The zero-order valence-corrected chi connectivity index (χ0v) is 11.8. The Morgan fingerprint density at radius 2 is 1.75 bits per heavy atom. The molecule has 0 nitrogen and oxygen atoms in total. The van der Waals surface area contributed by atoms with Gasteiger partial charge in [0.2, 0.25) is 0 Å². The van der Waals surface area contributed by atoms with Crippen LogP contribution in [0.5, 0.6) is 0 Å². The van der Waals surface area contributed by atoms with Crippen LogP contribution in [0.2, 0.25) is 0 Å². The first-order valence-corrected chi connectivity index (χ1v) is 7.62. The number of hydrogen-bond donors (Lipinski definition) is 0. The second-order valence-electron chi connectivity index (χ2n) is 6.87. The summed E-state index contributed by atoms with van der Waals surface area (Å²) in [6.45, 7) is 9.83. The van der Waals surface area contributed by atoms with Crippen LogP contribution in [0.1, 0.15) is 72.6 Å². The van der Waals surface area contributed by atoms with Crippen LogP contribution >= 0.6 is 0 Å². The molecule has 0 amide bonds. The molecule has 2 fully saturated rings. The fraction of sp³-hybridized carbons (Fsp3) is 1.00.